The largest absolute Gasteiger partial charge is 0.338 e. The first kappa shape index (κ1) is 19.9. The van der Waals surface area contributed by atoms with E-state index in [1.165, 1.54) is 31.0 Å². The molecule has 2 heterocycles. The van der Waals surface area contributed by atoms with E-state index in [-0.39, 0.29) is 20.9 Å². The van der Waals surface area contributed by atoms with Crippen molar-refractivity contribution >= 4 is 33.0 Å². The third-order valence-corrected chi connectivity index (χ3v) is 7.81. The second-order valence-corrected chi connectivity index (χ2v) is 10.3. The highest BCUT2D eigenvalue weighted by molar-refractivity contribution is 7.91. The Labute approximate surface area is 178 Å². The number of rotatable bonds is 4. The number of fused-ring (bicyclic) bond motifs is 2. The van der Waals surface area contributed by atoms with E-state index in [1.807, 2.05) is 0 Å². The van der Waals surface area contributed by atoms with E-state index in [0.29, 0.717) is 30.2 Å². The maximum Gasteiger partial charge on any atom is 0.289 e. The highest BCUT2D eigenvalue weighted by Crippen LogP contribution is 2.46. The zero-order valence-electron chi connectivity index (χ0n) is 15.9. The van der Waals surface area contributed by atoms with E-state index in [1.54, 1.807) is 0 Å². The number of carbonyl (C=O) groups is 1. The second kappa shape index (κ2) is 7.02. The summed E-state index contributed by atoms with van der Waals surface area (Å²) in [7, 11) is -4.00. The van der Waals surface area contributed by atoms with Crippen LogP contribution in [0.2, 0.25) is 5.02 Å². The van der Waals surface area contributed by atoms with Gasteiger partial charge >= 0.3 is 0 Å². The molecular weight excluding hydrogens is 433 g/mol. The highest BCUT2D eigenvalue weighted by atomic mass is 35.5. The molecule has 1 N–H and O–H groups in total. The Kier molecular flexibility index (Phi) is 4.66. The van der Waals surface area contributed by atoms with Crippen LogP contribution in [0.4, 0.5) is 10.1 Å². The van der Waals surface area contributed by atoms with Crippen molar-refractivity contribution in [3.8, 4) is 0 Å². The number of hydrogen-bond donors (Lipinski definition) is 1. The molecule has 0 radical (unpaired) electrons. The Morgan fingerprint density at radius 1 is 1.13 bits per heavy atom. The summed E-state index contributed by atoms with van der Waals surface area (Å²) in [5.41, 5.74) is 0.783. The van der Waals surface area contributed by atoms with Gasteiger partial charge in [0.15, 0.2) is 0 Å². The van der Waals surface area contributed by atoms with Crippen LogP contribution in [0.3, 0.4) is 0 Å². The zero-order valence-corrected chi connectivity index (χ0v) is 17.4. The van der Waals surface area contributed by atoms with Crippen molar-refractivity contribution in [1.82, 2.24) is 0 Å². The summed E-state index contributed by atoms with van der Waals surface area (Å²) in [6.45, 7) is 0.342. The molecule has 2 aromatic carbocycles. The third-order valence-electron chi connectivity index (χ3n) is 5.78. The Morgan fingerprint density at radius 2 is 1.87 bits per heavy atom. The molecular formula is C21H19ClFNO5S. The van der Waals surface area contributed by atoms with Crippen molar-refractivity contribution in [3.05, 3.63) is 52.8 Å². The number of hydrogen-bond acceptors (Lipinski definition) is 5. The molecule has 2 aliphatic heterocycles. The average Bonchev–Trinajstić information content (AvgIpc) is 3.49. The van der Waals surface area contributed by atoms with Gasteiger partial charge in [-0.05, 0) is 55.2 Å². The fraction of sp³-hybridized carbons (Fsp3) is 0.381. The van der Waals surface area contributed by atoms with Crippen LogP contribution in [0, 0.1) is 11.7 Å². The van der Waals surface area contributed by atoms with Gasteiger partial charge in [-0.15, -0.1) is 0 Å². The first-order chi connectivity index (χ1) is 14.3. The zero-order chi connectivity index (χ0) is 21.1. The topological polar surface area (TPSA) is 81.7 Å². The van der Waals surface area contributed by atoms with Crippen LogP contribution >= 0.6 is 11.6 Å². The number of nitrogens with one attached hydrogen (secondary N) is 1. The van der Waals surface area contributed by atoms with Crippen molar-refractivity contribution in [3.63, 3.8) is 0 Å². The summed E-state index contributed by atoms with van der Waals surface area (Å²) in [5.74, 6) is -2.20. The monoisotopic (exact) mass is 451 g/mol. The molecule has 0 aromatic heterocycles. The number of halogens is 2. The minimum atomic E-state index is -4.00. The van der Waals surface area contributed by atoms with E-state index in [0.717, 1.165) is 24.6 Å². The highest BCUT2D eigenvalue weighted by Gasteiger charge is 2.53. The molecule has 1 saturated carbocycles. The normalized spacial score (nSPS) is 25.9. The number of amides is 1. The van der Waals surface area contributed by atoms with Gasteiger partial charge in [0.05, 0.1) is 33.2 Å². The lowest BCUT2D eigenvalue weighted by Crippen LogP contribution is -2.47. The molecule has 2 aromatic rings. The smallest absolute Gasteiger partial charge is 0.289 e. The van der Waals surface area contributed by atoms with E-state index in [4.69, 9.17) is 21.1 Å². The van der Waals surface area contributed by atoms with Crippen LogP contribution in [-0.4, -0.2) is 27.0 Å². The van der Waals surface area contributed by atoms with Crippen molar-refractivity contribution < 1.29 is 27.1 Å². The number of anilines is 1. The fourth-order valence-corrected chi connectivity index (χ4v) is 5.55. The standard InChI is InChI=1S/C21H19ClFNO5S/c22-17-11-15(3-5-18(17)23)30(26,27)14-4-6-19-16(10-14)21(20(25)24-19)28-8-7-13(29-21)9-12-1-2-12/h3-6,10-13H,1-2,7-9H2,(H,24,25)/t13?,21-/m1/s1. The van der Waals surface area contributed by atoms with Gasteiger partial charge in [-0.2, -0.15) is 0 Å². The summed E-state index contributed by atoms with van der Waals surface area (Å²) in [4.78, 5) is 12.6. The average molecular weight is 452 g/mol. The molecule has 2 fully saturated rings. The Morgan fingerprint density at radius 3 is 2.60 bits per heavy atom. The van der Waals surface area contributed by atoms with Crippen LogP contribution in [0.15, 0.2) is 46.2 Å². The Bertz CT molecular complexity index is 1150. The maximum absolute atomic E-state index is 13.5. The maximum atomic E-state index is 13.5. The lowest BCUT2D eigenvalue weighted by Gasteiger charge is -2.37. The Balaban J connectivity index is 1.54. The van der Waals surface area contributed by atoms with Gasteiger partial charge in [-0.1, -0.05) is 24.4 Å². The molecule has 5 rings (SSSR count). The predicted octanol–water partition coefficient (Wildman–Crippen LogP) is 4.02. The molecule has 0 bridgehead atoms. The number of ether oxygens (including phenoxy) is 2. The van der Waals surface area contributed by atoms with Gasteiger partial charge in [-0.25, -0.2) is 12.8 Å². The van der Waals surface area contributed by atoms with Crippen LogP contribution in [0.5, 0.6) is 0 Å². The van der Waals surface area contributed by atoms with E-state index >= 15 is 0 Å². The van der Waals surface area contributed by atoms with Gasteiger partial charge < -0.3 is 14.8 Å². The summed E-state index contributed by atoms with van der Waals surface area (Å²) in [6.07, 6.45) is 3.75. The van der Waals surface area contributed by atoms with Crippen LogP contribution in [0.1, 0.15) is 31.2 Å². The minimum absolute atomic E-state index is 0.0590. The predicted molar refractivity (Wildman–Crippen MR) is 106 cm³/mol. The summed E-state index contributed by atoms with van der Waals surface area (Å²) < 4.78 is 51.6. The van der Waals surface area contributed by atoms with Crippen LogP contribution in [-0.2, 0) is 29.9 Å². The van der Waals surface area contributed by atoms with E-state index < -0.39 is 27.3 Å². The molecule has 1 aliphatic carbocycles. The van der Waals surface area contributed by atoms with Crippen molar-refractivity contribution in [2.24, 2.45) is 5.92 Å². The van der Waals surface area contributed by atoms with Gasteiger partial charge in [0.25, 0.3) is 11.7 Å². The molecule has 158 valence electrons. The molecule has 2 atom stereocenters. The molecule has 9 heteroatoms. The summed E-state index contributed by atoms with van der Waals surface area (Å²) in [5, 5.41) is 2.44. The SMILES string of the molecule is O=C1Nc2ccc(S(=O)(=O)c3ccc(F)c(Cl)c3)cc2[C@]12OCCC(CC1CC1)O2. The lowest BCUT2D eigenvalue weighted by molar-refractivity contribution is -0.281. The fourth-order valence-electron chi connectivity index (χ4n) is 3.99. The van der Waals surface area contributed by atoms with Gasteiger partial charge in [0.1, 0.15) is 5.82 Å². The third kappa shape index (κ3) is 3.22. The quantitative estimate of drug-likeness (QED) is 0.710. The molecule has 6 nitrogen and oxygen atoms in total. The van der Waals surface area contributed by atoms with Crippen LogP contribution < -0.4 is 5.32 Å². The van der Waals surface area contributed by atoms with Crippen molar-refractivity contribution in [2.45, 2.75) is 47.4 Å². The van der Waals surface area contributed by atoms with Crippen molar-refractivity contribution in [1.29, 1.82) is 0 Å². The van der Waals surface area contributed by atoms with Gasteiger partial charge in [0, 0.05) is 5.56 Å². The molecule has 3 aliphatic rings. The van der Waals surface area contributed by atoms with E-state index in [9.17, 15) is 17.6 Å². The summed E-state index contributed by atoms with van der Waals surface area (Å²) >= 11 is 5.77. The first-order valence-corrected chi connectivity index (χ1v) is 11.6. The van der Waals surface area contributed by atoms with Crippen LogP contribution in [0.25, 0.3) is 0 Å². The molecule has 30 heavy (non-hydrogen) atoms. The number of carbonyl (C=O) groups excluding carboxylic acids is 1. The molecule has 1 amide bonds. The van der Waals surface area contributed by atoms with Gasteiger partial charge in [-0.3, -0.25) is 4.79 Å². The molecule has 1 unspecified atom stereocenters. The number of benzene rings is 2. The summed E-state index contributed by atoms with van der Waals surface area (Å²) in [6, 6.07) is 7.51. The minimum Gasteiger partial charge on any atom is -0.338 e. The Hall–Kier alpha value is -2.00. The molecule has 1 saturated heterocycles. The van der Waals surface area contributed by atoms with E-state index in [2.05, 4.69) is 5.32 Å². The lowest BCUT2D eigenvalue weighted by atomic mass is 10.0. The molecule has 1 spiro atoms. The second-order valence-electron chi connectivity index (χ2n) is 7.91. The van der Waals surface area contributed by atoms with Crippen molar-refractivity contribution in [2.75, 3.05) is 11.9 Å². The van der Waals surface area contributed by atoms with Gasteiger partial charge in [0.2, 0.25) is 9.84 Å². The number of sulfone groups is 1. The first-order valence-electron chi connectivity index (χ1n) is 9.77.